The van der Waals surface area contributed by atoms with Gasteiger partial charge in [0.25, 0.3) is 0 Å². The fraction of sp³-hybridized carbons (Fsp3) is 0.400. The zero-order valence-corrected chi connectivity index (χ0v) is 14.5. The first-order chi connectivity index (χ1) is 12.3. The van der Waals surface area contributed by atoms with E-state index < -0.39 is 0 Å². The van der Waals surface area contributed by atoms with Crippen LogP contribution < -0.4 is 18.9 Å². The predicted octanol–water partition coefficient (Wildman–Crippen LogP) is 3.09. The molecular formula is C20H21NO4. The molecule has 0 fully saturated rings. The molecule has 130 valence electrons. The number of hydrogen-bond acceptors (Lipinski definition) is 5. The van der Waals surface area contributed by atoms with E-state index in [1.165, 1.54) is 22.3 Å². The first-order valence-electron chi connectivity index (χ1n) is 8.67. The minimum Gasteiger partial charge on any atom is -0.493 e. The molecule has 0 saturated heterocycles. The van der Waals surface area contributed by atoms with Crippen LogP contribution in [0.1, 0.15) is 28.3 Å². The predicted molar refractivity (Wildman–Crippen MR) is 92.7 cm³/mol. The summed E-state index contributed by atoms with van der Waals surface area (Å²) in [5.41, 5.74) is 5.42. The maximum atomic E-state index is 5.60. The van der Waals surface area contributed by atoms with E-state index in [1.807, 2.05) is 0 Å². The normalized spacial score (nSPS) is 20.5. The van der Waals surface area contributed by atoms with Crippen molar-refractivity contribution < 1.29 is 18.9 Å². The van der Waals surface area contributed by atoms with Crippen molar-refractivity contribution in [1.29, 1.82) is 0 Å². The number of hydrogen-bond donors (Lipinski definition) is 0. The van der Waals surface area contributed by atoms with Crippen molar-refractivity contribution >= 4 is 0 Å². The maximum absolute atomic E-state index is 5.60. The molecule has 0 saturated carbocycles. The van der Waals surface area contributed by atoms with Crippen molar-refractivity contribution in [3.8, 4) is 23.0 Å². The van der Waals surface area contributed by atoms with E-state index in [-0.39, 0.29) is 0 Å². The van der Waals surface area contributed by atoms with Gasteiger partial charge in [-0.1, -0.05) is 0 Å². The van der Waals surface area contributed by atoms with Crippen molar-refractivity contribution in [2.45, 2.75) is 25.4 Å². The second-order valence-corrected chi connectivity index (χ2v) is 6.82. The third-order valence-electron chi connectivity index (χ3n) is 5.60. The number of rotatable bonds is 2. The molecule has 3 aliphatic heterocycles. The molecule has 0 aliphatic carbocycles. The van der Waals surface area contributed by atoms with Gasteiger partial charge in [-0.15, -0.1) is 0 Å². The van der Waals surface area contributed by atoms with Gasteiger partial charge in [0.2, 0.25) is 6.79 Å². The highest BCUT2D eigenvalue weighted by atomic mass is 16.7. The van der Waals surface area contributed by atoms with E-state index in [1.54, 1.807) is 14.2 Å². The van der Waals surface area contributed by atoms with Crippen LogP contribution in [-0.2, 0) is 19.4 Å². The van der Waals surface area contributed by atoms with Crippen molar-refractivity contribution in [2.75, 3.05) is 27.6 Å². The van der Waals surface area contributed by atoms with Crippen molar-refractivity contribution in [3.63, 3.8) is 0 Å². The lowest BCUT2D eigenvalue weighted by Gasteiger charge is -2.41. The quantitative estimate of drug-likeness (QED) is 0.841. The molecule has 1 atom stereocenters. The molecule has 0 unspecified atom stereocenters. The summed E-state index contributed by atoms with van der Waals surface area (Å²) in [5, 5.41) is 0. The standard InChI is InChI=1S/C20H21NO4/c1-22-17-7-13-5-16-15-9-20-19(24-11-25-20)6-12(15)3-4-21(16)10-14(13)8-18(17)23-2/h6-9,16H,3-5,10-11H2,1-2H3/t16-/m1/s1. The number of methoxy groups -OCH3 is 2. The fourth-order valence-electron chi connectivity index (χ4n) is 4.30. The van der Waals surface area contributed by atoms with Crippen LogP contribution in [0.25, 0.3) is 0 Å². The second kappa shape index (κ2) is 5.56. The molecule has 3 aliphatic rings. The molecule has 0 spiro atoms. The minimum atomic E-state index is 0.326. The van der Waals surface area contributed by atoms with Gasteiger partial charge in [-0.25, -0.2) is 0 Å². The van der Waals surface area contributed by atoms with Crippen LogP contribution in [0.15, 0.2) is 24.3 Å². The Kier molecular flexibility index (Phi) is 3.31. The van der Waals surface area contributed by atoms with Crippen molar-refractivity contribution in [2.24, 2.45) is 0 Å². The van der Waals surface area contributed by atoms with E-state index in [4.69, 9.17) is 18.9 Å². The average Bonchev–Trinajstić information content (AvgIpc) is 3.11. The van der Waals surface area contributed by atoms with Crippen LogP contribution in [-0.4, -0.2) is 32.5 Å². The number of ether oxygens (including phenoxy) is 4. The van der Waals surface area contributed by atoms with Crippen molar-refractivity contribution in [3.05, 3.63) is 46.5 Å². The van der Waals surface area contributed by atoms with E-state index in [0.717, 1.165) is 48.9 Å². The van der Waals surface area contributed by atoms with Gasteiger partial charge in [0.15, 0.2) is 23.0 Å². The molecule has 5 rings (SSSR count). The summed E-state index contributed by atoms with van der Waals surface area (Å²) in [4.78, 5) is 2.55. The van der Waals surface area contributed by atoms with Gasteiger partial charge in [0, 0.05) is 19.1 Å². The van der Waals surface area contributed by atoms with Crippen LogP contribution in [0.5, 0.6) is 23.0 Å². The molecule has 0 bridgehead atoms. The summed E-state index contributed by atoms with van der Waals surface area (Å²) in [6.07, 6.45) is 2.02. The van der Waals surface area contributed by atoms with Gasteiger partial charge in [-0.05, 0) is 59.4 Å². The first-order valence-corrected chi connectivity index (χ1v) is 8.67. The average molecular weight is 339 g/mol. The van der Waals surface area contributed by atoms with Crippen LogP contribution in [0.3, 0.4) is 0 Å². The second-order valence-electron chi connectivity index (χ2n) is 6.82. The molecule has 2 aromatic carbocycles. The van der Waals surface area contributed by atoms with Gasteiger partial charge in [-0.2, -0.15) is 0 Å². The van der Waals surface area contributed by atoms with E-state index in [0.29, 0.717) is 12.8 Å². The maximum Gasteiger partial charge on any atom is 0.231 e. The van der Waals surface area contributed by atoms with Crippen LogP contribution in [0.4, 0.5) is 0 Å². The van der Waals surface area contributed by atoms with Gasteiger partial charge in [0.1, 0.15) is 0 Å². The summed E-state index contributed by atoms with van der Waals surface area (Å²) in [7, 11) is 3.38. The van der Waals surface area contributed by atoms with Crippen molar-refractivity contribution in [1.82, 2.24) is 4.90 Å². The van der Waals surface area contributed by atoms with E-state index in [9.17, 15) is 0 Å². The highest BCUT2D eigenvalue weighted by Gasteiger charge is 2.34. The highest BCUT2D eigenvalue weighted by molar-refractivity contribution is 5.53. The molecule has 5 nitrogen and oxygen atoms in total. The third-order valence-corrected chi connectivity index (χ3v) is 5.60. The zero-order valence-electron chi connectivity index (χ0n) is 14.5. The Hall–Kier alpha value is -2.40. The highest BCUT2D eigenvalue weighted by Crippen LogP contribution is 2.45. The summed E-state index contributed by atoms with van der Waals surface area (Å²) >= 11 is 0. The Balaban J connectivity index is 1.56. The van der Waals surface area contributed by atoms with E-state index in [2.05, 4.69) is 29.2 Å². The molecular weight excluding hydrogens is 318 g/mol. The molecule has 3 heterocycles. The lowest BCUT2D eigenvalue weighted by Crippen LogP contribution is -2.39. The Morgan fingerprint density at radius 2 is 1.64 bits per heavy atom. The SMILES string of the molecule is COc1cc2c(cc1OC)CN1CCc3cc4c(cc3[C@H]1C2)OCO4. The minimum absolute atomic E-state index is 0.326. The zero-order chi connectivity index (χ0) is 17.0. The van der Waals surface area contributed by atoms with Gasteiger partial charge < -0.3 is 18.9 Å². The first kappa shape index (κ1) is 14.9. The molecule has 25 heavy (non-hydrogen) atoms. The Morgan fingerprint density at radius 1 is 0.920 bits per heavy atom. The van der Waals surface area contributed by atoms with Gasteiger partial charge in [-0.3, -0.25) is 4.90 Å². The fourth-order valence-corrected chi connectivity index (χ4v) is 4.30. The number of fused-ring (bicyclic) bond motifs is 5. The van der Waals surface area contributed by atoms with Crippen LogP contribution in [0, 0.1) is 0 Å². The monoisotopic (exact) mass is 339 g/mol. The molecule has 0 amide bonds. The number of benzene rings is 2. The summed E-state index contributed by atoms with van der Waals surface area (Å²) in [6, 6.07) is 8.98. The summed E-state index contributed by atoms with van der Waals surface area (Å²) < 4.78 is 22.1. The molecule has 5 heteroatoms. The van der Waals surface area contributed by atoms with Crippen LogP contribution >= 0.6 is 0 Å². The number of nitrogens with zero attached hydrogens (tertiary/aromatic N) is 1. The Morgan fingerprint density at radius 3 is 2.40 bits per heavy atom. The largest absolute Gasteiger partial charge is 0.493 e. The third kappa shape index (κ3) is 2.26. The molecule has 0 radical (unpaired) electrons. The Labute approximate surface area is 147 Å². The summed E-state index contributed by atoms with van der Waals surface area (Å²) in [6.45, 7) is 2.33. The van der Waals surface area contributed by atoms with E-state index >= 15 is 0 Å². The molecule has 2 aromatic rings. The smallest absolute Gasteiger partial charge is 0.231 e. The van der Waals surface area contributed by atoms with Gasteiger partial charge in [0.05, 0.1) is 14.2 Å². The lowest BCUT2D eigenvalue weighted by molar-refractivity contribution is 0.160. The van der Waals surface area contributed by atoms with Crippen LogP contribution in [0.2, 0.25) is 0 Å². The topological polar surface area (TPSA) is 40.2 Å². The summed E-state index contributed by atoms with van der Waals surface area (Å²) in [5.74, 6) is 3.37. The molecule has 0 aromatic heterocycles. The van der Waals surface area contributed by atoms with Gasteiger partial charge >= 0.3 is 0 Å². The Bertz CT molecular complexity index is 848. The molecule has 0 N–H and O–H groups in total. The lowest BCUT2D eigenvalue weighted by atomic mass is 9.83.